The number of benzene rings is 1. The second-order valence-electron chi connectivity index (χ2n) is 5.61. The van der Waals surface area contributed by atoms with Gasteiger partial charge >= 0.3 is 6.18 Å². The van der Waals surface area contributed by atoms with Crippen LogP contribution in [0.15, 0.2) is 24.3 Å². The Hall–Kier alpha value is -1.56. The Balaban J connectivity index is 2.08. The first-order valence-corrected chi connectivity index (χ1v) is 6.89. The van der Waals surface area contributed by atoms with Gasteiger partial charge in [-0.15, -0.1) is 0 Å². The highest BCUT2D eigenvalue weighted by molar-refractivity contribution is 5.83. The molecule has 0 spiro atoms. The second kappa shape index (κ2) is 5.67. The summed E-state index contributed by atoms with van der Waals surface area (Å²) >= 11 is 0. The molecule has 2 rings (SSSR count). The molecule has 3 atom stereocenters. The molecule has 1 amide bonds. The van der Waals surface area contributed by atoms with Gasteiger partial charge in [-0.2, -0.15) is 13.2 Å². The van der Waals surface area contributed by atoms with Crippen LogP contribution in [0.25, 0.3) is 0 Å². The molecule has 1 aromatic carbocycles. The molecule has 1 aliphatic rings. The monoisotopic (exact) mass is 300 g/mol. The molecule has 1 aliphatic carbocycles. The van der Waals surface area contributed by atoms with Crippen LogP contribution in [-0.2, 0) is 11.0 Å². The van der Waals surface area contributed by atoms with Crippen LogP contribution < -0.4 is 5.73 Å². The Morgan fingerprint density at radius 3 is 2.71 bits per heavy atom. The zero-order chi connectivity index (χ0) is 15.8. The maximum absolute atomic E-state index is 12.7. The number of rotatable bonds is 4. The number of hydrogen-bond acceptors (Lipinski definition) is 2. The molecule has 0 heterocycles. The highest BCUT2D eigenvalue weighted by Crippen LogP contribution is 2.49. The number of alkyl halides is 3. The summed E-state index contributed by atoms with van der Waals surface area (Å²) in [6, 6.07) is 5.17. The molecule has 6 heteroatoms. The molecule has 0 aromatic heterocycles. The van der Waals surface area contributed by atoms with Crippen molar-refractivity contribution in [2.24, 2.45) is 11.7 Å². The third-order valence-corrected chi connectivity index (χ3v) is 4.10. The third-order valence-electron chi connectivity index (χ3n) is 4.10. The van der Waals surface area contributed by atoms with E-state index in [9.17, 15) is 18.0 Å². The van der Waals surface area contributed by atoms with Crippen LogP contribution in [0.1, 0.15) is 30.4 Å². The van der Waals surface area contributed by atoms with Gasteiger partial charge in [0.2, 0.25) is 5.91 Å². The van der Waals surface area contributed by atoms with Crippen LogP contribution in [0.5, 0.6) is 0 Å². The first-order chi connectivity index (χ1) is 9.75. The summed E-state index contributed by atoms with van der Waals surface area (Å²) < 4.78 is 38.1. The lowest BCUT2D eigenvalue weighted by molar-refractivity contribution is -0.137. The zero-order valence-corrected chi connectivity index (χ0v) is 12.0. The topological polar surface area (TPSA) is 46.3 Å². The minimum Gasteiger partial charge on any atom is -0.342 e. The van der Waals surface area contributed by atoms with Crippen LogP contribution >= 0.6 is 0 Å². The van der Waals surface area contributed by atoms with E-state index in [2.05, 4.69) is 0 Å². The van der Waals surface area contributed by atoms with Crippen LogP contribution in [0, 0.1) is 5.92 Å². The number of carbonyl (C=O) groups excluding carboxylic acids is 1. The molecule has 116 valence electrons. The number of amides is 1. The van der Waals surface area contributed by atoms with Crippen molar-refractivity contribution in [2.75, 3.05) is 13.6 Å². The van der Waals surface area contributed by atoms with E-state index >= 15 is 0 Å². The molecule has 1 fully saturated rings. The predicted molar refractivity (Wildman–Crippen MR) is 73.6 cm³/mol. The van der Waals surface area contributed by atoms with Crippen molar-refractivity contribution in [1.29, 1.82) is 0 Å². The van der Waals surface area contributed by atoms with E-state index in [1.165, 1.54) is 6.07 Å². The summed E-state index contributed by atoms with van der Waals surface area (Å²) in [6.07, 6.45) is -3.75. The van der Waals surface area contributed by atoms with E-state index in [1.54, 1.807) is 18.0 Å². The Morgan fingerprint density at radius 2 is 2.14 bits per heavy atom. The summed E-state index contributed by atoms with van der Waals surface area (Å²) in [7, 11) is 1.68. The van der Waals surface area contributed by atoms with Gasteiger partial charge in [0.25, 0.3) is 0 Å². The van der Waals surface area contributed by atoms with Crippen molar-refractivity contribution >= 4 is 5.91 Å². The quantitative estimate of drug-likeness (QED) is 0.929. The number of carbonyl (C=O) groups is 1. The molecule has 0 aliphatic heterocycles. The molecule has 3 unspecified atom stereocenters. The van der Waals surface area contributed by atoms with Gasteiger partial charge in [-0.1, -0.05) is 18.2 Å². The molecular formula is C15H19F3N2O. The van der Waals surface area contributed by atoms with Crippen LogP contribution in [-0.4, -0.2) is 30.4 Å². The van der Waals surface area contributed by atoms with E-state index in [4.69, 9.17) is 5.73 Å². The average molecular weight is 300 g/mol. The first-order valence-electron chi connectivity index (χ1n) is 6.89. The smallest absolute Gasteiger partial charge is 0.342 e. The van der Waals surface area contributed by atoms with Crippen molar-refractivity contribution < 1.29 is 18.0 Å². The van der Waals surface area contributed by atoms with Crippen LogP contribution in [0.2, 0.25) is 0 Å². The lowest BCUT2D eigenvalue weighted by Crippen LogP contribution is -2.40. The third kappa shape index (κ3) is 3.37. The maximum atomic E-state index is 12.7. The fourth-order valence-corrected chi connectivity index (χ4v) is 2.42. The summed E-state index contributed by atoms with van der Waals surface area (Å²) in [6.45, 7) is 2.21. The molecule has 3 nitrogen and oxygen atoms in total. The van der Waals surface area contributed by atoms with Gasteiger partial charge < -0.3 is 10.6 Å². The Labute approximate surface area is 121 Å². The second-order valence-corrected chi connectivity index (χ2v) is 5.61. The molecule has 0 bridgehead atoms. The Bertz CT molecular complexity index is 530. The predicted octanol–water partition coefficient (Wildman–Crippen LogP) is 2.61. The molecule has 0 radical (unpaired) electrons. The van der Waals surface area contributed by atoms with E-state index in [0.717, 1.165) is 12.1 Å². The summed E-state index contributed by atoms with van der Waals surface area (Å²) in [4.78, 5) is 13.8. The molecule has 1 aromatic rings. The van der Waals surface area contributed by atoms with Crippen LogP contribution in [0.3, 0.4) is 0 Å². The largest absolute Gasteiger partial charge is 0.416 e. The fourth-order valence-electron chi connectivity index (χ4n) is 2.42. The van der Waals surface area contributed by atoms with Crippen molar-refractivity contribution in [3.63, 3.8) is 0 Å². The summed E-state index contributed by atoms with van der Waals surface area (Å²) in [5.41, 5.74) is 5.44. The van der Waals surface area contributed by atoms with Crippen molar-refractivity contribution in [1.82, 2.24) is 4.90 Å². The molecule has 21 heavy (non-hydrogen) atoms. The van der Waals surface area contributed by atoms with E-state index in [-0.39, 0.29) is 23.8 Å². The number of halogens is 3. The maximum Gasteiger partial charge on any atom is 0.416 e. The van der Waals surface area contributed by atoms with Crippen molar-refractivity contribution in [3.8, 4) is 0 Å². The van der Waals surface area contributed by atoms with Gasteiger partial charge in [-0.25, -0.2) is 0 Å². The highest BCUT2D eigenvalue weighted by atomic mass is 19.4. The van der Waals surface area contributed by atoms with E-state index in [1.807, 2.05) is 6.92 Å². The van der Waals surface area contributed by atoms with E-state index in [0.29, 0.717) is 18.5 Å². The number of hydrogen-bond donors (Lipinski definition) is 1. The molecule has 2 N–H and O–H groups in total. The van der Waals surface area contributed by atoms with Crippen molar-refractivity contribution in [3.05, 3.63) is 35.4 Å². The van der Waals surface area contributed by atoms with Crippen molar-refractivity contribution in [2.45, 2.75) is 31.5 Å². The van der Waals surface area contributed by atoms with Gasteiger partial charge in [0, 0.05) is 25.6 Å². The minimum atomic E-state index is -4.35. The summed E-state index contributed by atoms with van der Waals surface area (Å²) in [5.74, 6) is -0.393. The molecule has 0 saturated heterocycles. The minimum absolute atomic E-state index is 0.0460. The van der Waals surface area contributed by atoms with Crippen LogP contribution in [0.4, 0.5) is 13.2 Å². The number of likely N-dealkylation sites (N-methyl/N-ethyl adjacent to an activating group) is 1. The lowest BCUT2D eigenvalue weighted by Gasteiger charge is -2.23. The Kier molecular flexibility index (Phi) is 4.27. The van der Waals surface area contributed by atoms with Gasteiger partial charge in [-0.3, -0.25) is 4.79 Å². The van der Waals surface area contributed by atoms with Gasteiger partial charge in [0.05, 0.1) is 5.56 Å². The molecular weight excluding hydrogens is 281 g/mol. The van der Waals surface area contributed by atoms with Gasteiger partial charge in [-0.05, 0) is 30.9 Å². The lowest BCUT2D eigenvalue weighted by atomic mass is 10.0. The number of nitrogens with zero attached hydrogens (tertiary/aromatic N) is 1. The normalized spacial score (nSPS) is 22.8. The fraction of sp³-hybridized carbons (Fsp3) is 0.533. The van der Waals surface area contributed by atoms with E-state index < -0.39 is 11.7 Å². The number of nitrogens with two attached hydrogens (primary N) is 1. The SMILES string of the molecule is CC(CN)N(C)C(=O)C1CC1c1cccc(C(F)(F)F)c1. The van der Waals surface area contributed by atoms with Gasteiger partial charge in [0.15, 0.2) is 0 Å². The standard InChI is InChI=1S/C15H19F3N2O/c1-9(8-19)20(2)14(21)13-7-12(13)10-4-3-5-11(6-10)15(16,17)18/h3-6,9,12-13H,7-8,19H2,1-2H3. The zero-order valence-electron chi connectivity index (χ0n) is 12.0. The summed E-state index contributed by atoms with van der Waals surface area (Å²) in [5, 5.41) is 0. The molecule has 1 saturated carbocycles. The first kappa shape index (κ1) is 15.8. The highest BCUT2D eigenvalue weighted by Gasteiger charge is 2.46. The Morgan fingerprint density at radius 1 is 1.48 bits per heavy atom. The van der Waals surface area contributed by atoms with Gasteiger partial charge in [0.1, 0.15) is 0 Å². The average Bonchev–Trinajstić information content (AvgIpc) is 3.24.